The molecule has 0 bridgehead atoms. The average Bonchev–Trinajstić information content (AvgIpc) is 3.01. The van der Waals surface area contributed by atoms with E-state index in [-0.39, 0.29) is 11.2 Å². The van der Waals surface area contributed by atoms with Crippen molar-refractivity contribution >= 4 is 17.7 Å². The molecule has 1 aromatic heterocycles. The molecule has 2 rings (SSSR count). The lowest BCUT2D eigenvalue weighted by Gasteiger charge is -2.16. The first-order chi connectivity index (χ1) is 9.56. The molecule has 1 saturated carbocycles. The summed E-state index contributed by atoms with van der Waals surface area (Å²) < 4.78 is 1.77. The third kappa shape index (κ3) is 4.19. The van der Waals surface area contributed by atoms with Gasteiger partial charge in [-0.1, -0.05) is 38.5 Å². The number of hydrogen-bond donors (Lipinski definition) is 1. The zero-order chi connectivity index (χ0) is 14.5. The molecule has 1 fully saturated rings. The van der Waals surface area contributed by atoms with E-state index in [4.69, 9.17) is 0 Å². The lowest BCUT2D eigenvalue weighted by atomic mass is 10.2. The number of nitrogens with one attached hydrogen (secondary N) is 1. The van der Waals surface area contributed by atoms with Crippen LogP contribution in [-0.4, -0.2) is 37.4 Å². The SMILES string of the molecule is CC(C)Cn1nnnc1SC(C)C(=O)NC1CCCC1. The van der Waals surface area contributed by atoms with Crippen molar-refractivity contribution in [3.8, 4) is 0 Å². The van der Waals surface area contributed by atoms with Gasteiger partial charge in [0.25, 0.3) is 0 Å². The van der Waals surface area contributed by atoms with Crippen LogP contribution in [-0.2, 0) is 11.3 Å². The first-order valence-electron chi connectivity index (χ1n) is 7.29. The molecule has 1 aliphatic carbocycles. The van der Waals surface area contributed by atoms with E-state index in [1.165, 1.54) is 24.6 Å². The first kappa shape index (κ1) is 15.3. The molecule has 0 aliphatic heterocycles. The number of carbonyl (C=O) groups is 1. The topological polar surface area (TPSA) is 72.7 Å². The van der Waals surface area contributed by atoms with Crippen molar-refractivity contribution in [1.29, 1.82) is 0 Å². The minimum atomic E-state index is -0.174. The van der Waals surface area contributed by atoms with Crippen LogP contribution < -0.4 is 5.32 Å². The average molecular weight is 297 g/mol. The molecule has 1 unspecified atom stereocenters. The van der Waals surface area contributed by atoms with Crippen molar-refractivity contribution in [3.63, 3.8) is 0 Å². The van der Waals surface area contributed by atoms with E-state index in [9.17, 15) is 4.79 Å². The number of carbonyl (C=O) groups excluding carboxylic acids is 1. The third-order valence-corrected chi connectivity index (χ3v) is 4.46. The van der Waals surface area contributed by atoms with Crippen LogP contribution >= 0.6 is 11.8 Å². The van der Waals surface area contributed by atoms with Crippen LogP contribution in [0.4, 0.5) is 0 Å². The van der Waals surface area contributed by atoms with Crippen molar-refractivity contribution in [3.05, 3.63) is 0 Å². The van der Waals surface area contributed by atoms with Crippen LogP contribution in [0.2, 0.25) is 0 Å². The van der Waals surface area contributed by atoms with E-state index in [0.29, 0.717) is 17.1 Å². The van der Waals surface area contributed by atoms with Gasteiger partial charge in [0.1, 0.15) is 0 Å². The predicted octanol–water partition coefficient (Wildman–Crippen LogP) is 1.87. The number of amides is 1. The maximum absolute atomic E-state index is 12.1. The van der Waals surface area contributed by atoms with Gasteiger partial charge in [-0.3, -0.25) is 4.79 Å². The number of tetrazole rings is 1. The zero-order valence-corrected chi connectivity index (χ0v) is 13.2. The Kier molecular flexibility index (Phi) is 5.39. The Bertz CT molecular complexity index is 442. The van der Waals surface area contributed by atoms with Crippen molar-refractivity contribution in [2.45, 2.75) is 69.4 Å². The highest BCUT2D eigenvalue weighted by atomic mass is 32.2. The first-order valence-corrected chi connectivity index (χ1v) is 8.17. The van der Waals surface area contributed by atoms with E-state index >= 15 is 0 Å². The predicted molar refractivity (Wildman–Crippen MR) is 78.4 cm³/mol. The monoisotopic (exact) mass is 297 g/mol. The minimum Gasteiger partial charge on any atom is -0.352 e. The second-order valence-corrected chi connectivity index (χ2v) is 7.10. The molecular formula is C13H23N5OS. The summed E-state index contributed by atoms with van der Waals surface area (Å²) >= 11 is 1.43. The maximum atomic E-state index is 12.1. The Morgan fingerprint density at radius 2 is 2.10 bits per heavy atom. The van der Waals surface area contributed by atoms with Crippen LogP contribution in [0.25, 0.3) is 0 Å². The van der Waals surface area contributed by atoms with E-state index in [1.807, 2.05) is 6.92 Å². The molecule has 1 aliphatic rings. The van der Waals surface area contributed by atoms with Gasteiger partial charge in [0.05, 0.1) is 5.25 Å². The molecule has 1 amide bonds. The Balaban J connectivity index is 1.88. The van der Waals surface area contributed by atoms with Gasteiger partial charge in [0, 0.05) is 12.6 Å². The highest BCUT2D eigenvalue weighted by Gasteiger charge is 2.23. The van der Waals surface area contributed by atoms with Crippen molar-refractivity contribution < 1.29 is 4.79 Å². The fourth-order valence-electron chi connectivity index (χ4n) is 2.34. The van der Waals surface area contributed by atoms with E-state index < -0.39 is 0 Å². The summed E-state index contributed by atoms with van der Waals surface area (Å²) in [7, 11) is 0. The third-order valence-electron chi connectivity index (χ3n) is 3.39. The zero-order valence-electron chi connectivity index (χ0n) is 12.4. The Hall–Kier alpha value is -1.11. The van der Waals surface area contributed by atoms with Crippen LogP contribution in [0.5, 0.6) is 0 Å². The molecule has 0 radical (unpaired) electrons. The molecule has 0 aromatic carbocycles. The number of aromatic nitrogens is 4. The molecule has 1 heterocycles. The van der Waals surface area contributed by atoms with Gasteiger partial charge in [-0.2, -0.15) is 0 Å². The number of hydrogen-bond acceptors (Lipinski definition) is 5. The Morgan fingerprint density at radius 1 is 1.40 bits per heavy atom. The maximum Gasteiger partial charge on any atom is 0.233 e. The van der Waals surface area contributed by atoms with Gasteiger partial charge in [-0.05, 0) is 36.1 Å². The van der Waals surface area contributed by atoms with Crippen LogP contribution in [0.3, 0.4) is 0 Å². The summed E-state index contributed by atoms with van der Waals surface area (Å²) in [5.41, 5.74) is 0. The van der Waals surface area contributed by atoms with Gasteiger partial charge in [-0.25, -0.2) is 4.68 Å². The van der Waals surface area contributed by atoms with Crippen LogP contribution in [0.1, 0.15) is 46.5 Å². The largest absolute Gasteiger partial charge is 0.352 e. The minimum absolute atomic E-state index is 0.0843. The summed E-state index contributed by atoms with van der Waals surface area (Å²) in [6, 6.07) is 0.359. The number of thioether (sulfide) groups is 1. The molecule has 0 saturated heterocycles. The Labute approximate surface area is 124 Å². The highest BCUT2D eigenvalue weighted by Crippen LogP contribution is 2.23. The quantitative estimate of drug-likeness (QED) is 0.812. The van der Waals surface area contributed by atoms with Gasteiger partial charge < -0.3 is 5.32 Å². The number of rotatable bonds is 6. The van der Waals surface area contributed by atoms with E-state index in [1.54, 1.807) is 4.68 Å². The second-order valence-electron chi connectivity index (χ2n) is 5.79. The van der Waals surface area contributed by atoms with Gasteiger partial charge in [0.2, 0.25) is 11.1 Å². The van der Waals surface area contributed by atoms with Crippen LogP contribution in [0.15, 0.2) is 5.16 Å². The lowest BCUT2D eigenvalue weighted by molar-refractivity contribution is -0.120. The molecule has 1 N–H and O–H groups in total. The summed E-state index contributed by atoms with van der Waals surface area (Å²) in [4.78, 5) is 12.1. The summed E-state index contributed by atoms with van der Waals surface area (Å²) in [5.74, 6) is 0.557. The van der Waals surface area contributed by atoms with E-state index in [2.05, 4.69) is 34.7 Å². The summed E-state index contributed by atoms with van der Waals surface area (Å²) in [5, 5.41) is 15.3. The standard InChI is InChI=1S/C13H23N5OS/c1-9(2)8-18-13(15-16-17-18)20-10(3)12(19)14-11-6-4-5-7-11/h9-11H,4-8H2,1-3H3,(H,14,19). The molecular weight excluding hydrogens is 274 g/mol. The van der Waals surface area contributed by atoms with Gasteiger partial charge in [-0.15, -0.1) is 5.10 Å². The van der Waals surface area contributed by atoms with Gasteiger partial charge in [0.15, 0.2) is 0 Å². The fourth-order valence-corrected chi connectivity index (χ4v) is 3.15. The molecule has 6 nitrogen and oxygen atoms in total. The van der Waals surface area contributed by atoms with Crippen molar-refractivity contribution in [2.75, 3.05) is 0 Å². The lowest BCUT2D eigenvalue weighted by Crippen LogP contribution is -2.37. The molecule has 1 atom stereocenters. The fraction of sp³-hybridized carbons (Fsp3) is 0.846. The molecule has 1 aromatic rings. The highest BCUT2D eigenvalue weighted by molar-refractivity contribution is 8.00. The Morgan fingerprint density at radius 3 is 2.75 bits per heavy atom. The van der Waals surface area contributed by atoms with E-state index in [0.717, 1.165) is 19.4 Å². The summed E-state index contributed by atoms with van der Waals surface area (Å²) in [6.45, 7) is 6.91. The van der Waals surface area contributed by atoms with Crippen molar-refractivity contribution in [1.82, 2.24) is 25.5 Å². The normalized spacial score (nSPS) is 17.6. The molecule has 7 heteroatoms. The number of nitrogens with zero attached hydrogens (tertiary/aromatic N) is 4. The smallest absolute Gasteiger partial charge is 0.233 e. The van der Waals surface area contributed by atoms with Crippen molar-refractivity contribution in [2.24, 2.45) is 5.92 Å². The van der Waals surface area contributed by atoms with Gasteiger partial charge >= 0.3 is 0 Å². The molecule has 0 spiro atoms. The summed E-state index contributed by atoms with van der Waals surface area (Å²) in [6.07, 6.45) is 4.65. The molecule has 112 valence electrons. The second kappa shape index (κ2) is 7.06. The molecule has 20 heavy (non-hydrogen) atoms. The van der Waals surface area contributed by atoms with Crippen LogP contribution in [0, 0.1) is 5.92 Å².